The topological polar surface area (TPSA) is 0 Å². The second-order valence-corrected chi connectivity index (χ2v) is 5.59. The minimum absolute atomic E-state index is 0.382. The van der Waals surface area contributed by atoms with Crippen molar-refractivity contribution in [2.45, 2.75) is 34.1 Å². The molecule has 1 unspecified atom stereocenters. The molecule has 0 aromatic heterocycles. The van der Waals surface area contributed by atoms with Gasteiger partial charge in [-0.25, -0.2) is 0 Å². The molecule has 1 heteroatoms. The maximum absolute atomic E-state index is 2.74. The summed E-state index contributed by atoms with van der Waals surface area (Å²) < 4.78 is 0. The molecule has 0 heterocycles. The highest BCUT2D eigenvalue weighted by molar-refractivity contribution is 7.27. The van der Waals surface area contributed by atoms with Crippen molar-refractivity contribution in [3.63, 3.8) is 0 Å². The zero-order valence-corrected chi connectivity index (χ0v) is 10.2. The van der Waals surface area contributed by atoms with Gasteiger partial charge in [-0.3, -0.25) is 0 Å². The van der Waals surface area contributed by atoms with E-state index in [0.29, 0.717) is 5.41 Å². The fourth-order valence-corrected chi connectivity index (χ4v) is 1.83. The predicted octanol–water partition coefficient (Wildman–Crippen LogP) is 3.08. The van der Waals surface area contributed by atoms with Crippen LogP contribution >= 0.6 is 9.24 Å². The average Bonchev–Trinajstić information content (AvgIpc) is 1.93. The van der Waals surface area contributed by atoms with Gasteiger partial charge >= 0.3 is 0 Å². The van der Waals surface area contributed by atoms with Gasteiger partial charge in [0.1, 0.15) is 0 Å². The standard InChI is InChI=1S/C12H19P/c1-9-7-11(13)6-5-10(9)8-12(2,3)4/h5-7H,8,13H2,1-4H3. The van der Waals surface area contributed by atoms with Crippen molar-refractivity contribution >= 4 is 14.5 Å². The molecule has 0 bridgehead atoms. The van der Waals surface area contributed by atoms with E-state index in [0.717, 1.165) is 6.42 Å². The van der Waals surface area contributed by atoms with E-state index in [4.69, 9.17) is 0 Å². The zero-order chi connectivity index (χ0) is 10.1. The Morgan fingerprint density at radius 1 is 1.23 bits per heavy atom. The van der Waals surface area contributed by atoms with Crippen LogP contribution in [0.5, 0.6) is 0 Å². The average molecular weight is 194 g/mol. The third-order valence-electron chi connectivity index (χ3n) is 2.09. The highest BCUT2D eigenvalue weighted by Gasteiger charge is 2.12. The summed E-state index contributed by atoms with van der Waals surface area (Å²) in [7, 11) is 2.74. The number of hydrogen-bond acceptors (Lipinski definition) is 0. The van der Waals surface area contributed by atoms with E-state index in [2.05, 4.69) is 55.1 Å². The molecule has 1 rings (SSSR count). The number of hydrogen-bond donors (Lipinski definition) is 0. The van der Waals surface area contributed by atoms with Crippen molar-refractivity contribution in [1.82, 2.24) is 0 Å². The lowest BCUT2D eigenvalue weighted by molar-refractivity contribution is 0.410. The first kappa shape index (κ1) is 10.7. The van der Waals surface area contributed by atoms with Crippen LogP contribution in [0.1, 0.15) is 31.9 Å². The molecular weight excluding hydrogens is 175 g/mol. The van der Waals surface area contributed by atoms with Gasteiger partial charge in [-0.15, -0.1) is 9.24 Å². The fraction of sp³-hybridized carbons (Fsp3) is 0.500. The Kier molecular flexibility index (Phi) is 3.14. The van der Waals surface area contributed by atoms with Crippen molar-refractivity contribution in [3.05, 3.63) is 29.3 Å². The van der Waals surface area contributed by atoms with Crippen LogP contribution in [0.2, 0.25) is 0 Å². The third-order valence-corrected chi connectivity index (χ3v) is 2.45. The quantitative estimate of drug-likeness (QED) is 0.603. The zero-order valence-electron chi connectivity index (χ0n) is 9.02. The molecule has 0 spiro atoms. The fourth-order valence-electron chi connectivity index (χ4n) is 1.49. The van der Waals surface area contributed by atoms with Crippen LogP contribution in [-0.4, -0.2) is 0 Å². The summed E-state index contributed by atoms with van der Waals surface area (Å²) >= 11 is 0. The summed E-state index contributed by atoms with van der Waals surface area (Å²) in [6.45, 7) is 9.03. The van der Waals surface area contributed by atoms with Gasteiger partial charge in [-0.2, -0.15) is 0 Å². The largest absolute Gasteiger partial charge is 0.106 e. The van der Waals surface area contributed by atoms with Gasteiger partial charge in [-0.1, -0.05) is 39.0 Å². The molecule has 0 aliphatic heterocycles. The molecule has 0 fully saturated rings. The summed E-state index contributed by atoms with van der Waals surface area (Å²) in [5.41, 5.74) is 3.26. The van der Waals surface area contributed by atoms with Gasteiger partial charge in [0.25, 0.3) is 0 Å². The lowest BCUT2D eigenvalue weighted by atomic mass is 9.86. The highest BCUT2D eigenvalue weighted by Crippen LogP contribution is 2.22. The number of benzene rings is 1. The summed E-state index contributed by atoms with van der Waals surface area (Å²) in [6.07, 6.45) is 1.16. The molecule has 0 radical (unpaired) electrons. The minimum atomic E-state index is 0.382. The van der Waals surface area contributed by atoms with E-state index >= 15 is 0 Å². The van der Waals surface area contributed by atoms with Crippen LogP contribution in [0.25, 0.3) is 0 Å². The lowest BCUT2D eigenvalue weighted by Gasteiger charge is -2.19. The Morgan fingerprint density at radius 2 is 1.85 bits per heavy atom. The molecular formula is C12H19P. The Balaban J connectivity index is 2.90. The highest BCUT2D eigenvalue weighted by atomic mass is 31.0. The monoisotopic (exact) mass is 194 g/mol. The van der Waals surface area contributed by atoms with E-state index < -0.39 is 0 Å². The molecule has 0 aliphatic carbocycles. The molecule has 0 saturated carbocycles. The van der Waals surface area contributed by atoms with Crippen LogP contribution in [0, 0.1) is 12.3 Å². The van der Waals surface area contributed by atoms with Crippen LogP contribution in [-0.2, 0) is 6.42 Å². The molecule has 0 aliphatic rings. The summed E-state index contributed by atoms with van der Waals surface area (Å²) in [6, 6.07) is 6.63. The van der Waals surface area contributed by atoms with Gasteiger partial charge < -0.3 is 0 Å². The van der Waals surface area contributed by atoms with Crippen molar-refractivity contribution in [3.8, 4) is 0 Å². The molecule has 13 heavy (non-hydrogen) atoms. The first-order chi connectivity index (χ1) is 5.88. The van der Waals surface area contributed by atoms with Crippen molar-refractivity contribution in [1.29, 1.82) is 0 Å². The van der Waals surface area contributed by atoms with Crippen LogP contribution in [0.3, 0.4) is 0 Å². The maximum atomic E-state index is 2.74. The Labute approximate surface area is 84.0 Å². The van der Waals surface area contributed by atoms with Gasteiger partial charge in [0.15, 0.2) is 0 Å². The van der Waals surface area contributed by atoms with Crippen molar-refractivity contribution in [2.24, 2.45) is 5.41 Å². The van der Waals surface area contributed by atoms with Crippen LogP contribution < -0.4 is 5.30 Å². The SMILES string of the molecule is Cc1cc(P)ccc1CC(C)(C)C. The predicted molar refractivity (Wildman–Crippen MR) is 63.7 cm³/mol. The van der Waals surface area contributed by atoms with E-state index in [9.17, 15) is 0 Å². The molecule has 0 N–H and O–H groups in total. The Hall–Kier alpha value is -0.350. The van der Waals surface area contributed by atoms with Gasteiger partial charge in [-0.05, 0) is 35.2 Å². The second kappa shape index (κ2) is 3.80. The van der Waals surface area contributed by atoms with Crippen molar-refractivity contribution in [2.75, 3.05) is 0 Å². The van der Waals surface area contributed by atoms with E-state index in [1.807, 2.05) is 0 Å². The lowest BCUT2D eigenvalue weighted by Crippen LogP contribution is -2.11. The summed E-state index contributed by atoms with van der Waals surface area (Å²) in [4.78, 5) is 0. The first-order valence-electron chi connectivity index (χ1n) is 4.73. The summed E-state index contributed by atoms with van der Waals surface area (Å²) in [5.74, 6) is 0. The summed E-state index contributed by atoms with van der Waals surface area (Å²) in [5, 5.41) is 1.27. The van der Waals surface area contributed by atoms with E-state index in [1.54, 1.807) is 0 Å². The van der Waals surface area contributed by atoms with Crippen molar-refractivity contribution < 1.29 is 0 Å². The molecule has 1 atom stereocenters. The maximum Gasteiger partial charge on any atom is -0.0227 e. The van der Waals surface area contributed by atoms with E-state index in [1.165, 1.54) is 16.4 Å². The smallest absolute Gasteiger partial charge is 0.0227 e. The van der Waals surface area contributed by atoms with Crippen LogP contribution in [0.4, 0.5) is 0 Å². The molecule has 0 amide bonds. The normalized spacial score (nSPS) is 11.8. The Morgan fingerprint density at radius 3 is 2.31 bits per heavy atom. The van der Waals surface area contributed by atoms with Gasteiger partial charge in [0, 0.05) is 0 Å². The molecule has 0 saturated heterocycles. The van der Waals surface area contributed by atoms with Gasteiger partial charge in [0.05, 0.1) is 0 Å². The minimum Gasteiger partial charge on any atom is -0.106 e. The van der Waals surface area contributed by atoms with Gasteiger partial charge in [0.2, 0.25) is 0 Å². The van der Waals surface area contributed by atoms with E-state index in [-0.39, 0.29) is 0 Å². The molecule has 1 aromatic rings. The molecule has 72 valence electrons. The number of rotatable bonds is 1. The molecule has 1 aromatic carbocycles. The molecule has 0 nitrogen and oxygen atoms in total. The Bertz CT molecular complexity index is 294. The number of aryl methyl sites for hydroxylation is 1. The first-order valence-corrected chi connectivity index (χ1v) is 5.31. The second-order valence-electron chi connectivity index (χ2n) is 4.92. The third kappa shape index (κ3) is 3.48. The van der Waals surface area contributed by atoms with Crippen LogP contribution in [0.15, 0.2) is 18.2 Å².